The summed E-state index contributed by atoms with van der Waals surface area (Å²) in [4.78, 5) is 16.3. The molecule has 2 aromatic rings. The minimum atomic E-state index is 0.631. The fraction of sp³-hybridized carbons (Fsp3) is 0.417. The van der Waals surface area contributed by atoms with Gasteiger partial charge in [-0.25, -0.2) is 9.97 Å². The van der Waals surface area contributed by atoms with Crippen LogP contribution < -0.4 is 10.2 Å². The largest absolute Gasteiger partial charge is 0.363 e. The lowest BCUT2D eigenvalue weighted by Gasteiger charge is -2.12. The monoisotopic (exact) mass is 263 g/mol. The Kier molecular flexibility index (Phi) is 3.76. The highest BCUT2D eigenvalue weighted by Crippen LogP contribution is 2.17. The first kappa shape index (κ1) is 12.8. The zero-order chi connectivity index (χ0) is 13.1. The second-order valence-corrected chi connectivity index (χ2v) is 5.63. The lowest BCUT2D eigenvalue weighted by molar-refractivity contribution is 0.979. The summed E-state index contributed by atoms with van der Waals surface area (Å²) in [5.41, 5.74) is 1.07. The summed E-state index contributed by atoms with van der Waals surface area (Å²) >= 11 is 1.71. The highest BCUT2D eigenvalue weighted by molar-refractivity contribution is 7.11. The molecule has 0 radical (unpaired) electrons. The van der Waals surface area contributed by atoms with Crippen LogP contribution in [0.1, 0.15) is 15.6 Å². The van der Waals surface area contributed by atoms with Gasteiger partial charge in [0, 0.05) is 25.2 Å². The Morgan fingerprint density at radius 2 is 2.06 bits per heavy atom. The molecule has 0 aliphatic carbocycles. The number of hydrogen-bond donors (Lipinski definition) is 1. The van der Waals surface area contributed by atoms with Crippen molar-refractivity contribution in [3.05, 3.63) is 27.8 Å². The highest BCUT2D eigenvalue weighted by Gasteiger charge is 2.06. The van der Waals surface area contributed by atoms with E-state index in [-0.39, 0.29) is 0 Å². The van der Waals surface area contributed by atoms with E-state index in [1.807, 2.05) is 32.0 Å². The molecule has 6 heteroatoms. The van der Waals surface area contributed by atoms with Gasteiger partial charge >= 0.3 is 0 Å². The van der Waals surface area contributed by atoms with Gasteiger partial charge in [0.05, 0.1) is 17.2 Å². The van der Waals surface area contributed by atoms with Crippen molar-refractivity contribution in [2.75, 3.05) is 24.3 Å². The van der Waals surface area contributed by atoms with Gasteiger partial charge < -0.3 is 10.2 Å². The van der Waals surface area contributed by atoms with Crippen LogP contribution in [0.3, 0.4) is 0 Å². The molecule has 0 bridgehead atoms. The maximum atomic E-state index is 4.47. The molecular formula is C12H17N5S. The van der Waals surface area contributed by atoms with Gasteiger partial charge in [-0.05, 0) is 19.9 Å². The molecule has 96 valence electrons. The van der Waals surface area contributed by atoms with Crippen LogP contribution in [0.25, 0.3) is 0 Å². The number of anilines is 2. The van der Waals surface area contributed by atoms with Gasteiger partial charge in [0.25, 0.3) is 0 Å². The molecule has 0 unspecified atom stereocenters. The average molecular weight is 263 g/mol. The molecule has 0 saturated carbocycles. The Bertz CT molecular complexity index is 535. The minimum Gasteiger partial charge on any atom is -0.363 e. The van der Waals surface area contributed by atoms with Crippen LogP contribution in [0.5, 0.6) is 0 Å². The van der Waals surface area contributed by atoms with Crippen molar-refractivity contribution in [1.29, 1.82) is 0 Å². The summed E-state index contributed by atoms with van der Waals surface area (Å²) in [6.07, 6.45) is 1.75. The zero-order valence-corrected chi connectivity index (χ0v) is 11.9. The van der Waals surface area contributed by atoms with Gasteiger partial charge in [0.1, 0.15) is 5.82 Å². The Hall–Kier alpha value is -1.69. The van der Waals surface area contributed by atoms with Crippen molar-refractivity contribution in [2.24, 2.45) is 0 Å². The van der Waals surface area contributed by atoms with Crippen molar-refractivity contribution in [2.45, 2.75) is 20.4 Å². The molecule has 0 aliphatic heterocycles. The summed E-state index contributed by atoms with van der Waals surface area (Å²) in [7, 11) is 3.92. The molecule has 2 aromatic heterocycles. The van der Waals surface area contributed by atoms with Gasteiger partial charge in [-0.3, -0.25) is 0 Å². The minimum absolute atomic E-state index is 0.631. The predicted molar refractivity (Wildman–Crippen MR) is 75.3 cm³/mol. The first-order valence-electron chi connectivity index (χ1n) is 5.73. The molecule has 0 atom stereocenters. The van der Waals surface area contributed by atoms with E-state index in [1.54, 1.807) is 17.5 Å². The Labute approximate surface area is 111 Å². The van der Waals surface area contributed by atoms with Gasteiger partial charge in [0.15, 0.2) is 0 Å². The maximum absolute atomic E-state index is 4.47. The van der Waals surface area contributed by atoms with Crippen LogP contribution in [0.4, 0.5) is 11.8 Å². The van der Waals surface area contributed by atoms with E-state index in [0.717, 1.165) is 16.5 Å². The number of aromatic nitrogens is 3. The standard InChI is InChI=1S/C12H17N5S/c1-8-10(15-9(2)18-8)7-14-12-13-6-5-11(16-12)17(3)4/h5-6H,7H2,1-4H3,(H,13,14,16). The maximum Gasteiger partial charge on any atom is 0.224 e. The topological polar surface area (TPSA) is 53.9 Å². The lowest BCUT2D eigenvalue weighted by atomic mass is 10.4. The fourth-order valence-corrected chi connectivity index (χ4v) is 2.42. The second kappa shape index (κ2) is 5.30. The number of thiazole rings is 1. The number of aryl methyl sites for hydroxylation is 2. The smallest absolute Gasteiger partial charge is 0.224 e. The SMILES string of the molecule is Cc1nc(CNc2nccc(N(C)C)n2)c(C)s1. The van der Waals surface area contributed by atoms with E-state index in [2.05, 4.69) is 27.2 Å². The molecule has 1 N–H and O–H groups in total. The Morgan fingerprint density at radius 1 is 1.28 bits per heavy atom. The molecule has 0 spiro atoms. The van der Waals surface area contributed by atoms with Crippen LogP contribution >= 0.6 is 11.3 Å². The molecule has 18 heavy (non-hydrogen) atoms. The van der Waals surface area contributed by atoms with Crippen molar-refractivity contribution in [3.63, 3.8) is 0 Å². The van der Waals surface area contributed by atoms with Crippen molar-refractivity contribution < 1.29 is 0 Å². The first-order valence-corrected chi connectivity index (χ1v) is 6.55. The van der Waals surface area contributed by atoms with E-state index in [4.69, 9.17) is 0 Å². The highest BCUT2D eigenvalue weighted by atomic mass is 32.1. The molecule has 0 saturated heterocycles. The van der Waals surface area contributed by atoms with E-state index in [1.165, 1.54) is 4.88 Å². The predicted octanol–water partition coefficient (Wildman–Crippen LogP) is 2.23. The third-order valence-corrected chi connectivity index (χ3v) is 3.44. The summed E-state index contributed by atoms with van der Waals surface area (Å²) in [6, 6.07) is 1.88. The Morgan fingerprint density at radius 3 is 2.67 bits per heavy atom. The molecular weight excluding hydrogens is 246 g/mol. The average Bonchev–Trinajstić information content (AvgIpc) is 2.65. The number of rotatable bonds is 4. The van der Waals surface area contributed by atoms with E-state index >= 15 is 0 Å². The fourth-order valence-electron chi connectivity index (χ4n) is 1.58. The third-order valence-electron chi connectivity index (χ3n) is 2.51. The molecule has 0 fully saturated rings. The second-order valence-electron chi connectivity index (χ2n) is 4.22. The first-order chi connectivity index (χ1) is 8.56. The van der Waals surface area contributed by atoms with Crippen molar-refractivity contribution >= 4 is 23.1 Å². The Balaban J connectivity index is 2.06. The third kappa shape index (κ3) is 2.95. The lowest BCUT2D eigenvalue weighted by Crippen LogP contribution is -2.12. The van der Waals surface area contributed by atoms with Gasteiger partial charge in [-0.1, -0.05) is 0 Å². The zero-order valence-electron chi connectivity index (χ0n) is 11.1. The summed E-state index contributed by atoms with van der Waals surface area (Å²) < 4.78 is 0. The van der Waals surface area contributed by atoms with Crippen molar-refractivity contribution in [3.8, 4) is 0 Å². The molecule has 2 rings (SSSR count). The molecule has 0 amide bonds. The van der Waals surface area contributed by atoms with Crippen LogP contribution in [-0.2, 0) is 6.54 Å². The number of hydrogen-bond acceptors (Lipinski definition) is 6. The van der Waals surface area contributed by atoms with Gasteiger partial charge in [-0.15, -0.1) is 11.3 Å². The van der Waals surface area contributed by atoms with Crippen molar-refractivity contribution in [1.82, 2.24) is 15.0 Å². The molecule has 5 nitrogen and oxygen atoms in total. The normalized spacial score (nSPS) is 10.4. The molecule has 0 aliphatic rings. The number of nitrogens with one attached hydrogen (secondary N) is 1. The number of nitrogens with zero attached hydrogens (tertiary/aromatic N) is 4. The summed E-state index contributed by atoms with van der Waals surface area (Å²) in [6.45, 7) is 4.76. The van der Waals surface area contributed by atoms with E-state index in [0.29, 0.717) is 12.5 Å². The van der Waals surface area contributed by atoms with Crippen LogP contribution in [0.2, 0.25) is 0 Å². The summed E-state index contributed by atoms with van der Waals surface area (Å²) in [5.74, 6) is 1.52. The van der Waals surface area contributed by atoms with Crippen LogP contribution in [0, 0.1) is 13.8 Å². The molecule has 2 heterocycles. The van der Waals surface area contributed by atoms with Gasteiger partial charge in [0.2, 0.25) is 5.95 Å². The van der Waals surface area contributed by atoms with Crippen LogP contribution in [-0.4, -0.2) is 29.0 Å². The summed E-state index contributed by atoms with van der Waals surface area (Å²) in [5, 5.41) is 4.30. The van der Waals surface area contributed by atoms with Gasteiger partial charge in [-0.2, -0.15) is 4.98 Å². The van der Waals surface area contributed by atoms with Crippen LogP contribution in [0.15, 0.2) is 12.3 Å². The van der Waals surface area contributed by atoms with E-state index < -0.39 is 0 Å². The van der Waals surface area contributed by atoms with E-state index in [9.17, 15) is 0 Å². The molecule has 0 aromatic carbocycles. The quantitative estimate of drug-likeness (QED) is 0.916.